The van der Waals surface area contributed by atoms with Crippen molar-refractivity contribution in [2.45, 2.75) is 25.0 Å². The maximum atomic E-state index is 13.1. The second-order valence-electron chi connectivity index (χ2n) is 6.60. The molecule has 0 amide bonds. The number of Topliss-reactive ketones (excluding diaryl/α,β-unsaturated/α-hetero) is 1. The summed E-state index contributed by atoms with van der Waals surface area (Å²) >= 11 is 0. The molecule has 26 heavy (non-hydrogen) atoms. The molecule has 1 N–H and O–H groups in total. The standard InChI is InChI=1S/C20H22O6/c1-5-6-13-10-20(25-4)11(2)16(17(18(13)22)19(23)26-20)12-7-8-14(21)15(9-12)24-3/h5,7-11,16-17,21H,1,6H2,2-4H3/t11-,16+,17-,20-/m1/s1. The van der Waals surface area contributed by atoms with Gasteiger partial charge in [-0.3, -0.25) is 9.59 Å². The molecule has 2 heterocycles. The highest BCUT2D eigenvalue weighted by molar-refractivity contribution is 6.10. The van der Waals surface area contributed by atoms with E-state index >= 15 is 0 Å². The van der Waals surface area contributed by atoms with Crippen molar-refractivity contribution < 1.29 is 28.9 Å². The van der Waals surface area contributed by atoms with Crippen molar-refractivity contribution in [2.24, 2.45) is 11.8 Å². The van der Waals surface area contributed by atoms with Crippen molar-refractivity contribution in [1.82, 2.24) is 0 Å². The Morgan fingerprint density at radius 1 is 1.35 bits per heavy atom. The van der Waals surface area contributed by atoms with Crippen LogP contribution in [0.15, 0.2) is 42.5 Å². The van der Waals surface area contributed by atoms with Crippen LogP contribution in [0.4, 0.5) is 0 Å². The zero-order valence-corrected chi connectivity index (χ0v) is 15.0. The Hall–Kier alpha value is -2.60. The van der Waals surface area contributed by atoms with Crippen LogP contribution in [0, 0.1) is 11.8 Å². The average Bonchev–Trinajstić information content (AvgIpc) is 2.78. The van der Waals surface area contributed by atoms with Crippen molar-refractivity contribution in [1.29, 1.82) is 0 Å². The Labute approximate surface area is 152 Å². The Kier molecular flexibility index (Phi) is 4.63. The number of allylic oxidation sites excluding steroid dienone is 2. The quantitative estimate of drug-likeness (QED) is 0.495. The predicted octanol–water partition coefficient (Wildman–Crippen LogP) is 2.72. The Morgan fingerprint density at radius 3 is 2.69 bits per heavy atom. The molecule has 0 saturated carbocycles. The first-order valence-electron chi connectivity index (χ1n) is 8.40. The monoisotopic (exact) mass is 358 g/mol. The molecule has 1 saturated heterocycles. The maximum Gasteiger partial charge on any atom is 0.320 e. The van der Waals surface area contributed by atoms with Gasteiger partial charge < -0.3 is 19.3 Å². The molecule has 6 nitrogen and oxygen atoms in total. The maximum absolute atomic E-state index is 13.1. The average molecular weight is 358 g/mol. The molecule has 6 heteroatoms. The molecule has 3 aliphatic rings. The number of carbonyl (C=O) groups excluding carboxylic acids is 2. The molecule has 0 spiro atoms. The summed E-state index contributed by atoms with van der Waals surface area (Å²) in [5.41, 5.74) is 1.16. The van der Waals surface area contributed by atoms with E-state index in [0.29, 0.717) is 17.6 Å². The molecule has 1 aliphatic carbocycles. The second kappa shape index (κ2) is 6.61. The summed E-state index contributed by atoms with van der Waals surface area (Å²) in [6, 6.07) is 4.83. The van der Waals surface area contributed by atoms with E-state index in [1.165, 1.54) is 20.3 Å². The number of benzene rings is 1. The summed E-state index contributed by atoms with van der Waals surface area (Å²) in [5, 5.41) is 9.87. The summed E-state index contributed by atoms with van der Waals surface area (Å²) in [6.07, 6.45) is 3.55. The number of phenolic OH excluding ortho intramolecular Hbond substituents is 1. The van der Waals surface area contributed by atoms with E-state index in [-0.39, 0.29) is 23.2 Å². The van der Waals surface area contributed by atoms with Crippen LogP contribution < -0.4 is 4.74 Å². The number of ketones is 1. The van der Waals surface area contributed by atoms with Crippen LogP contribution in [-0.4, -0.2) is 36.9 Å². The van der Waals surface area contributed by atoms with Crippen molar-refractivity contribution in [3.63, 3.8) is 0 Å². The number of carbonyl (C=O) groups is 2. The van der Waals surface area contributed by atoms with Crippen molar-refractivity contribution in [3.8, 4) is 11.5 Å². The smallest absolute Gasteiger partial charge is 0.320 e. The third-order valence-electron chi connectivity index (χ3n) is 5.29. The van der Waals surface area contributed by atoms with E-state index in [9.17, 15) is 14.7 Å². The number of hydrogen-bond acceptors (Lipinski definition) is 6. The molecule has 4 rings (SSSR count). The summed E-state index contributed by atoms with van der Waals surface area (Å²) in [7, 11) is 2.90. The van der Waals surface area contributed by atoms with Gasteiger partial charge in [0.25, 0.3) is 0 Å². The number of phenols is 1. The lowest BCUT2D eigenvalue weighted by Crippen LogP contribution is -2.52. The summed E-state index contributed by atoms with van der Waals surface area (Å²) < 4.78 is 16.3. The van der Waals surface area contributed by atoms with Crippen LogP contribution in [-0.2, 0) is 19.1 Å². The molecular weight excluding hydrogens is 336 g/mol. The minimum Gasteiger partial charge on any atom is -0.504 e. The largest absolute Gasteiger partial charge is 0.504 e. The SMILES string of the molecule is C=CCC1=C[C@@]2(OC)OC(=O)[C@@H](C1=O)[C@H](c1ccc(O)c(OC)c1)[C@H]2C. The minimum absolute atomic E-state index is 0.0106. The van der Waals surface area contributed by atoms with Crippen LogP contribution in [0.1, 0.15) is 24.8 Å². The van der Waals surface area contributed by atoms with Crippen molar-refractivity contribution in [2.75, 3.05) is 14.2 Å². The van der Waals surface area contributed by atoms with Crippen molar-refractivity contribution >= 4 is 11.8 Å². The molecule has 2 bridgehead atoms. The lowest BCUT2D eigenvalue weighted by molar-refractivity contribution is -0.239. The zero-order valence-electron chi connectivity index (χ0n) is 15.0. The predicted molar refractivity (Wildman–Crippen MR) is 93.8 cm³/mol. The lowest BCUT2D eigenvalue weighted by Gasteiger charge is -2.43. The molecule has 1 fully saturated rings. The highest BCUT2D eigenvalue weighted by Crippen LogP contribution is 2.51. The van der Waals surface area contributed by atoms with Gasteiger partial charge in [-0.1, -0.05) is 19.1 Å². The number of rotatable bonds is 5. The first kappa shape index (κ1) is 18.2. The van der Waals surface area contributed by atoms with E-state index in [0.717, 1.165) is 0 Å². The molecular formula is C20H22O6. The van der Waals surface area contributed by atoms with Gasteiger partial charge in [-0.15, -0.1) is 6.58 Å². The third kappa shape index (κ3) is 2.61. The Balaban J connectivity index is 2.18. The van der Waals surface area contributed by atoms with Crippen LogP contribution >= 0.6 is 0 Å². The van der Waals surface area contributed by atoms with Gasteiger partial charge in [-0.25, -0.2) is 0 Å². The lowest BCUT2D eigenvalue weighted by atomic mass is 9.72. The number of hydrogen-bond donors (Lipinski definition) is 1. The van der Waals surface area contributed by atoms with Gasteiger partial charge in [0.1, 0.15) is 5.92 Å². The molecule has 138 valence electrons. The number of esters is 1. The number of ether oxygens (including phenoxy) is 3. The van der Waals surface area contributed by atoms with E-state index < -0.39 is 23.6 Å². The van der Waals surface area contributed by atoms with Gasteiger partial charge >= 0.3 is 5.97 Å². The van der Waals surface area contributed by atoms with E-state index in [1.807, 2.05) is 6.92 Å². The van der Waals surface area contributed by atoms with Crippen LogP contribution in [0.2, 0.25) is 0 Å². The van der Waals surface area contributed by atoms with Crippen LogP contribution in [0.5, 0.6) is 11.5 Å². The molecule has 2 aliphatic heterocycles. The number of fused-ring (bicyclic) bond motifs is 3. The number of methoxy groups -OCH3 is 2. The van der Waals surface area contributed by atoms with E-state index in [4.69, 9.17) is 14.2 Å². The van der Waals surface area contributed by atoms with Crippen LogP contribution in [0.3, 0.4) is 0 Å². The Morgan fingerprint density at radius 2 is 2.08 bits per heavy atom. The minimum atomic E-state index is -1.33. The molecule has 1 aromatic carbocycles. The topological polar surface area (TPSA) is 82.1 Å². The third-order valence-corrected chi connectivity index (χ3v) is 5.29. The fraction of sp³-hybridized carbons (Fsp3) is 0.400. The number of aromatic hydroxyl groups is 1. The normalized spacial score (nSPS) is 30.4. The molecule has 0 unspecified atom stereocenters. The Bertz CT molecular complexity index is 795. The van der Waals surface area contributed by atoms with Crippen LogP contribution in [0.25, 0.3) is 0 Å². The van der Waals surface area contributed by atoms with Gasteiger partial charge in [0.05, 0.1) is 7.11 Å². The molecule has 0 radical (unpaired) electrons. The van der Waals surface area contributed by atoms with Crippen molar-refractivity contribution in [3.05, 3.63) is 48.1 Å². The first-order valence-corrected chi connectivity index (χ1v) is 8.40. The van der Waals surface area contributed by atoms with Gasteiger partial charge in [0.15, 0.2) is 17.3 Å². The fourth-order valence-corrected chi connectivity index (χ4v) is 3.93. The fourth-order valence-electron chi connectivity index (χ4n) is 3.93. The highest BCUT2D eigenvalue weighted by atomic mass is 16.7. The van der Waals surface area contributed by atoms with E-state index in [1.54, 1.807) is 24.3 Å². The second-order valence-corrected chi connectivity index (χ2v) is 6.60. The van der Waals surface area contributed by atoms with Gasteiger partial charge in [-0.2, -0.15) is 0 Å². The first-order chi connectivity index (χ1) is 12.4. The summed E-state index contributed by atoms with van der Waals surface area (Å²) in [6.45, 7) is 5.57. The highest BCUT2D eigenvalue weighted by Gasteiger charge is 2.58. The zero-order chi connectivity index (χ0) is 19.1. The summed E-state index contributed by atoms with van der Waals surface area (Å²) in [4.78, 5) is 25.7. The van der Waals surface area contributed by atoms with E-state index in [2.05, 4.69) is 6.58 Å². The van der Waals surface area contributed by atoms with Gasteiger partial charge in [-0.05, 0) is 30.2 Å². The molecule has 1 aromatic rings. The van der Waals surface area contributed by atoms with Gasteiger partial charge in [0, 0.05) is 24.5 Å². The molecule has 0 aromatic heterocycles. The summed E-state index contributed by atoms with van der Waals surface area (Å²) in [5.74, 6) is -3.72. The molecule has 4 atom stereocenters. The van der Waals surface area contributed by atoms with Gasteiger partial charge in [0.2, 0.25) is 5.79 Å².